The van der Waals surface area contributed by atoms with Gasteiger partial charge in [0.25, 0.3) is 0 Å². The first-order valence-electron chi connectivity index (χ1n) is 9.91. The van der Waals surface area contributed by atoms with E-state index in [1.165, 1.54) is 0 Å². The van der Waals surface area contributed by atoms with E-state index in [1.807, 2.05) is 18.3 Å². The normalized spacial score (nSPS) is 19.1. The van der Waals surface area contributed by atoms with Crippen LogP contribution in [0, 0.1) is 0 Å². The van der Waals surface area contributed by atoms with Gasteiger partial charge in [0.15, 0.2) is 0 Å². The third-order valence-electron chi connectivity index (χ3n) is 5.13. The average molecular weight is 377 g/mol. The number of carbonyl (C=O) groups excluding carboxylic acids is 1. The largest absolute Gasteiger partial charge is 0.379 e. The molecule has 3 rings (SSSR count). The number of hydrogen-bond acceptors (Lipinski definition) is 6. The first-order chi connectivity index (χ1) is 13.2. The van der Waals surface area contributed by atoms with Crippen molar-refractivity contribution in [2.45, 2.75) is 13.0 Å². The monoisotopic (exact) mass is 376 g/mol. The maximum absolute atomic E-state index is 11.9. The van der Waals surface area contributed by atoms with Gasteiger partial charge in [0.2, 0.25) is 0 Å². The van der Waals surface area contributed by atoms with E-state index in [4.69, 9.17) is 4.74 Å². The zero-order valence-corrected chi connectivity index (χ0v) is 16.3. The lowest BCUT2D eigenvalue weighted by Crippen LogP contribution is -2.44. The van der Waals surface area contributed by atoms with E-state index in [0.29, 0.717) is 13.1 Å². The number of carbonyl (C=O) groups is 1. The van der Waals surface area contributed by atoms with Crippen LogP contribution in [-0.2, 0) is 11.3 Å². The third-order valence-corrected chi connectivity index (χ3v) is 5.13. The first kappa shape index (κ1) is 19.9. The highest BCUT2D eigenvalue weighted by molar-refractivity contribution is 5.73. The predicted octanol–water partition coefficient (Wildman–Crippen LogP) is 0.355. The maximum Gasteiger partial charge on any atom is 0.315 e. The summed E-state index contributed by atoms with van der Waals surface area (Å²) in [4.78, 5) is 23.5. The molecule has 1 aromatic rings. The summed E-state index contributed by atoms with van der Waals surface area (Å²) in [6.07, 6.45) is 2.81. The Balaban J connectivity index is 1.30. The van der Waals surface area contributed by atoms with E-state index in [0.717, 1.165) is 76.8 Å². The number of aromatic nitrogens is 1. The van der Waals surface area contributed by atoms with Gasteiger partial charge < -0.3 is 25.2 Å². The number of ether oxygens (including phenoxy) is 1. The molecule has 2 saturated heterocycles. The molecule has 0 spiro atoms. The molecule has 2 fully saturated rings. The van der Waals surface area contributed by atoms with Gasteiger partial charge in [0.1, 0.15) is 5.82 Å². The number of urea groups is 1. The molecule has 2 aliphatic rings. The smallest absolute Gasteiger partial charge is 0.315 e. The van der Waals surface area contributed by atoms with Crippen molar-refractivity contribution in [1.82, 2.24) is 25.4 Å². The van der Waals surface area contributed by atoms with Crippen molar-refractivity contribution in [2.24, 2.45) is 0 Å². The van der Waals surface area contributed by atoms with Gasteiger partial charge in [-0.05, 0) is 31.6 Å². The molecular weight excluding hydrogens is 344 g/mol. The third kappa shape index (κ3) is 6.64. The fourth-order valence-electron chi connectivity index (χ4n) is 3.32. The summed E-state index contributed by atoms with van der Waals surface area (Å²) in [6.45, 7) is 9.93. The Morgan fingerprint density at radius 3 is 2.59 bits per heavy atom. The van der Waals surface area contributed by atoms with E-state index >= 15 is 0 Å². The Hall–Kier alpha value is -1.90. The van der Waals surface area contributed by atoms with Crippen LogP contribution in [0.3, 0.4) is 0 Å². The molecule has 0 bridgehead atoms. The maximum atomic E-state index is 11.9. The molecule has 150 valence electrons. The zero-order chi connectivity index (χ0) is 18.9. The van der Waals surface area contributed by atoms with Gasteiger partial charge in [-0.2, -0.15) is 0 Å². The van der Waals surface area contributed by atoms with Crippen molar-refractivity contribution >= 4 is 11.8 Å². The summed E-state index contributed by atoms with van der Waals surface area (Å²) in [5.74, 6) is 1.01. The zero-order valence-electron chi connectivity index (χ0n) is 16.3. The fraction of sp³-hybridized carbons (Fsp3) is 0.684. The number of piperazine rings is 1. The van der Waals surface area contributed by atoms with Crippen LogP contribution in [0.2, 0.25) is 0 Å². The fourth-order valence-corrected chi connectivity index (χ4v) is 3.32. The van der Waals surface area contributed by atoms with Gasteiger partial charge in [-0.15, -0.1) is 0 Å². The van der Waals surface area contributed by atoms with Crippen LogP contribution in [0.15, 0.2) is 18.3 Å². The minimum atomic E-state index is -0.125. The van der Waals surface area contributed by atoms with Crippen molar-refractivity contribution < 1.29 is 9.53 Å². The average Bonchev–Trinajstić information content (AvgIpc) is 2.71. The minimum Gasteiger partial charge on any atom is -0.379 e. The molecule has 0 unspecified atom stereocenters. The number of likely N-dealkylation sites (N-methyl/N-ethyl adjacent to an activating group) is 1. The van der Waals surface area contributed by atoms with Gasteiger partial charge in [-0.3, -0.25) is 4.90 Å². The summed E-state index contributed by atoms with van der Waals surface area (Å²) in [7, 11) is 2.15. The first-order valence-corrected chi connectivity index (χ1v) is 9.91. The predicted molar refractivity (Wildman–Crippen MR) is 106 cm³/mol. The van der Waals surface area contributed by atoms with E-state index < -0.39 is 0 Å². The number of pyridine rings is 1. The summed E-state index contributed by atoms with van der Waals surface area (Å²) < 4.78 is 5.33. The van der Waals surface area contributed by atoms with Gasteiger partial charge in [-0.1, -0.05) is 6.07 Å². The summed E-state index contributed by atoms with van der Waals surface area (Å²) in [5, 5.41) is 5.82. The molecule has 0 radical (unpaired) electrons. The Kier molecular flexibility index (Phi) is 7.67. The molecule has 3 heterocycles. The molecule has 2 N–H and O–H groups in total. The van der Waals surface area contributed by atoms with Crippen LogP contribution in [0.5, 0.6) is 0 Å². The van der Waals surface area contributed by atoms with Gasteiger partial charge in [0.05, 0.1) is 13.2 Å². The van der Waals surface area contributed by atoms with E-state index in [9.17, 15) is 4.79 Å². The number of anilines is 1. The molecule has 0 saturated carbocycles. The van der Waals surface area contributed by atoms with Gasteiger partial charge >= 0.3 is 6.03 Å². The highest BCUT2D eigenvalue weighted by Crippen LogP contribution is 2.13. The van der Waals surface area contributed by atoms with Crippen molar-refractivity contribution in [3.63, 3.8) is 0 Å². The lowest BCUT2D eigenvalue weighted by molar-refractivity contribution is 0.0375. The second-order valence-corrected chi connectivity index (χ2v) is 7.23. The number of nitrogens with zero attached hydrogens (tertiary/aromatic N) is 4. The summed E-state index contributed by atoms with van der Waals surface area (Å²) in [5.41, 5.74) is 1.01. The topological polar surface area (TPSA) is 73.0 Å². The van der Waals surface area contributed by atoms with E-state index in [2.05, 4.69) is 37.4 Å². The van der Waals surface area contributed by atoms with Gasteiger partial charge in [0, 0.05) is 58.6 Å². The molecule has 2 aliphatic heterocycles. The number of nitrogens with one attached hydrogen (secondary N) is 2. The number of hydrogen-bond donors (Lipinski definition) is 2. The number of morpholine rings is 1. The van der Waals surface area contributed by atoms with Crippen LogP contribution in [-0.4, -0.2) is 93.4 Å². The Morgan fingerprint density at radius 1 is 1.11 bits per heavy atom. The second-order valence-electron chi connectivity index (χ2n) is 7.23. The lowest BCUT2D eigenvalue weighted by atomic mass is 10.2. The van der Waals surface area contributed by atoms with E-state index in [-0.39, 0.29) is 6.03 Å². The number of amides is 2. The molecule has 0 atom stereocenters. The summed E-state index contributed by atoms with van der Waals surface area (Å²) in [6, 6.07) is 3.96. The molecule has 27 heavy (non-hydrogen) atoms. The molecular formula is C19H32N6O2. The molecule has 8 nitrogen and oxygen atoms in total. The van der Waals surface area contributed by atoms with Crippen molar-refractivity contribution in [3.8, 4) is 0 Å². The summed E-state index contributed by atoms with van der Waals surface area (Å²) >= 11 is 0. The molecule has 2 amide bonds. The van der Waals surface area contributed by atoms with Crippen molar-refractivity contribution in [1.29, 1.82) is 0 Å². The van der Waals surface area contributed by atoms with Crippen LogP contribution >= 0.6 is 0 Å². The molecule has 0 aliphatic carbocycles. The van der Waals surface area contributed by atoms with Gasteiger partial charge in [-0.25, -0.2) is 9.78 Å². The van der Waals surface area contributed by atoms with Crippen molar-refractivity contribution in [2.75, 3.05) is 77.5 Å². The lowest BCUT2D eigenvalue weighted by Gasteiger charge is -2.33. The van der Waals surface area contributed by atoms with Crippen LogP contribution < -0.4 is 15.5 Å². The van der Waals surface area contributed by atoms with Crippen LogP contribution in [0.25, 0.3) is 0 Å². The highest BCUT2D eigenvalue weighted by Gasteiger charge is 2.15. The number of rotatable bonds is 7. The van der Waals surface area contributed by atoms with Crippen LogP contribution in [0.4, 0.5) is 10.6 Å². The van der Waals surface area contributed by atoms with Crippen LogP contribution in [0.1, 0.15) is 12.0 Å². The van der Waals surface area contributed by atoms with E-state index in [1.54, 1.807) is 0 Å². The second kappa shape index (κ2) is 10.4. The SMILES string of the molecule is CN1CCN(c2ccc(CNC(=O)NCCCN3CCOCC3)cn2)CC1. The molecule has 1 aromatic heterocycles. The quantitative estimate of drug-likeness (QED) is 0.670. The highest BCUT2D eigenvalue weighted by atomic mass is 16.5. The standard InChI is InChI=1S/C19H32N6O2/c1-23-7-9-25(10-8-23)18-4-3-17(15-21-18)16-22-19(26)20-5-2-6-24-11-13-27-14-12-24/h3-4,15H,2,5-14,16H2,1H3,(H2,20,22,26). The Labute approximate surface area is 161 Å². The van der Waals surface area contributed by atoms with Crippen molar-refractivity contribution in [3.05, 3.63) is 23.9 Å². The Morgan fingerprint density at radius 2 is 1.89 bits per heavy atom. The molecule has 8 heteroatoms. The molecule has 0 aromatic carbocycles. The Bertz CT molecular complexity index is 568. The minimum absolute atomic E-state index is 0.125.